The molecular weight excluding hydrogens is 182 g/mol. The Labute approximate surface area is 92.2 Å². The van der Waals surface area contributed by atoms with Gasteiger partial charge in [0.05, 0.1) is 0 Å². The van der Waals surface area contributed by atoms with Crippen molar-refractivity contribution in [3.63, 3.8) is 0 Å². The van der Waals surface area contributed by atoms with Gasteiger partial charge in [0, 0.05) is 12.6 Å². The quantitative estimate of drug-likeness (QED) is 0.741. The van der Waals surface area contributed by atoms with Crippen molar-refractivity contribution in [1.82, 2.24) is 5.32 Å². The van der Waals surface area contributed by atoms with E-state index in [-0.39, 0.29) is 0 Å². The van der Waals surface area contributed by atoms with Crippen LogP contribution in [0, 0.1) is 6.92 Å². The summed E-state index contributed by atoms with van der Waals surface area (Å²) in [5.74, 6) is 0. The van der Waals surface area contributed by atoms with E-state index in [9.17, 15) is 0 Å². The Kier molecular flexibility index (Phi) is 3.57. The zero-order chi connectivity index (χ0) is 10.5. The minimum absolute atomic E-state index is 0.676. The maximum atomic E-state index is 3.63. The molecule has 0 fully saturated rings. The second kappa shape index (κ2) is 5.13. The molecule has 0 saturated carbocycles. The number of allylic oxidation sites excluding steroid dienone is 1. The Morgan fingerprint density at radius 1 is 1.27 bits per heavy atom. The molecule has 2 rings (SSSR count). The molecule has 1 atom stereocenters. The average molecular weight is 201 g/mol. The highest BCUT2D eigenvalue weighted by atomic mass is 14.9. The second-order valence-electron chi connectivity index (χ2n) is 4.29. The molecule has 0 radical (unpaired) electrons. The Bertz CT molecular complexity index is 341. The average Bonchev–Trinajstić information content (AvgIpc) is 2.29. The van der Waals surface area contributed by atoms with Gasteiger partial charge in [0.25, 0.3) is 0 Å². The SMILES string of the molecule is Cc1ccccc1CNC1CC=CCC1. The molecule has 15 heavy (non-hydrogen) atoms. The van der Waals surface area contributed by atoms with E-state index < -0.39 is 0 Å². The molecule has 1 aromatic carbocycles. The lowest BCUT2D eigenvalue weighted by molar-refractivity contribution is 0.474. The predicted octanol–water partition coefficient (Wildman–Crippen LogP) is 3.19. The molecule has 1 nitrogen and oxygen atoms in total. The van der Waals surface area contributed by atoms with E-state index >= 15 is 0 Å². The van der Waals surface area contributed by atoms with Crippen LogP contribution in [-0.4, -0.2) is 6.04 Å². The number of nitrogens with one attached hydrogen (secondary N) is 1. The van der Waals surface area contributed by atoms with Crippen LogP contribution >= 0.6 is 0 Å². The van der Waals surface area contributed by atoms with Gasteiger partial charge in [-0.3, -0.25) is 0 Å². The van der Waals surface area contributed by atoms with Gasteiger partial charge < -0.3 is 5.32 Å². The first-order valence-electron chi connectivity index (χ1n) is 5.79. The van der Waals surface area contributed by atoms with Crippen LogP contribution in [-0.2, 0) is 6.54 Å². The highest BCUT2D eigenvalue weighted by molar-refractivity contribution is 5.25. The summed E-state index contributed by atoms with van der Waals surface area (Å²) in [6, 6.07) is 9.28. The molecular formula is C14H19N. The fraction of sp³-hybridized carbons (Fsp3) is 0.429. The monoisotopic (exact) mass is 201 g/mol. The smallest absolute Gasteiger partial charge is 0.0210 e. The Hall–Kier alpha value is -1.08. The third kappa shape index (κ3) is 2.93. The summed E-state index contributed by atoms with van der Waals surface area (Å²) in [4.78, 5) is 0. The van der Waals surface area contributed by atoms with E-state index in [1.165, 1.54) is 30.4 Å². The van der Waals surface area contributed by atoms with Gasteiger partial charge >= 0.3 is 0 Å². The van der Waals surface area contributed by atoms with E-state index in [0.29, 0.717) is 6.04 Å². The molecule has 0 aliphatic heterocycles. The molecule has 1 aromatic rings. The first-order chi connectivity index (χ1) is 7.36. The van der Waals surface area contributed by atoms with Crippen molar-refractivity contribution in [2.75, 3.05) is 0 Å². The zero-order valence-electron chi connectivity index (χ0n) is 9.37. The molecule has 0 bridgehead atoms. The largest absolute Gasteiger partial charge is 0.310 e. The summed E-state index contributed by atoms with van der Waals surface area (Å²) in [6.45, 7) is 3.18. The molecule has 0 aromatic heterocycles. The van der Waals surface area contributed by atoms with Crippen LogP contribution in [0.2, 0.25) is 0 Å². The van der Waals surface area contributed by atoms with E-state index in [2.05, 4.69) is 48.7 Å². The van der Waals surface area contributed by atoms with Gasteiger partial charge in [0.1, 0.15) is 0 Å². The first kappa shape index (κ1) is 10.4. The van der Waals surface area contributed by atoms with E-state index in [4.69, 9.17) is 0 Å². The molecule has 0 spiro atoms. The highest BCUT2D eigenvalue weighted by Gasteiger charge is 2.08. The summed E-state index contributed by atoms with van der Waals surface area (Å²) >= 11 is 0. The van der Waals surface area contributed by atoms with Crippen LogP contribution in [0.1, 0.15) is 30.4 Å². The Morgan fingerprint density at radius 2 is 2.13 bits per heavy atom. The van der Waals surface area contributed by atoms with Crippen molar-refractivity contribution >= 4 is 0 Å². The van der Waals surface area contributed by atoms with Crippen molar-refractivity contribution in [1.29, 1.82) is 0 Å². The number of rotatable bonds is 3. The maximum Gasteiger partial charge on any atom is 0.0210 e. The van der Waals surface area contributed by atoms with Crippen LogP contribution < -0.4 is 5.32 Å². The first-order valence-corrected chi connectivity index (χ1v) is 5.79. The van der Waals surface area contributed by atoms with Crippen LogP contribution in [0.4, 0.5) is 0 Å². The van der Waals surface area contributed by atoms with Crippen molar-refractivity contribution in [2.24, 2.45) is 0 Å². The van der Waals surface area contributed by atoms with E-state index in [0.717, 1.165) is 6.54 Å². The molecule has 80 valence electrons. The topological polar surface area (TPSA) is 12.0 Å². The van der Waals surface area contributed by atoms with Gasteiger partial charge in [-0.15, -0.1) is 0 Å². The molecule has 1 heteroatoms. The van der Waals surface area contributed by atoms with Crippen LogP contribution in [0.15, 0.2) is 36.4 Å². The molecule has 0 saturated heterocycles. The van der Waals surface area contributed by atoms with Crippen molar-refractivity contribution < 1.29 is 0 Å². The number of hydrogen-bond donors (Lipinski definition) is 1. The van der Waals surface area contributed by atoms with Gasteiger partial charge in [-0.2, -0.15) is 0 Å². The van der Waals surface area contributed by atoms with Crippen LogP contribution in [0.3, 0.4) is 0 Å². The van der Waals surface area contributed by atoms with Gasteiger partial charge in [-0.05, 0) is 37.3 Å². The standard InChI is InChI=1S/C14H19N/c1-12-7-5-6-8-13(12)11-15-14-9-3-2-4-10-14/h2-3,5-8,14-15H,4,9-11H2,1H3. The Morgan fingerprint density at radius 3 is 2.87 bits per heavy atom. The molecule has 0 amide bonds. The second-order valence-corrected chi connectivity index (χ2v) is 4.29. The summed E-state index contributed by atoms with van der Waals surface area (Å²) < 4.78 is 0. The van der Waals surface area contributed by atoms with Crippen molar-refractivity contribution in [3.05, 3.63) is 47.5 Å². The fourth-order valence-electron chi connectivity index (χ4n) is 2.04. The van der Waals surface area contributed by atoms with Crippen molar-refractivity contribution in [2.45, 2.75) is 38.8 Å². The van der Waals surface area contributed by atoms with E-state index in [1.54, 1.807) is 0 Å². The molecule has 1 unspecified atom stereocenters. The minimum atomic E-state index is 0.676. The number of benzene rings is 1. The summed E-state index contributed by atoms with van der Waals surface area (Å²) in [5.41, 5.74) is 2.81. The minimum Gasteiger partial charge on any atom is -0.310 e. The molecule has 0 heterocycles. The van der Waals surface area contributed by atoms with Gasteiger partial charge in [0.2, 0.25) is 0 Å². The van der Waals surface area contributed by atoms with Crippen molar-refractivity contribution in [3.8, 4) is 0 Å². The fourth-order valence-corrected chi connectivity index (χ4v) is 2.04. The summed E-state index contributed by atoms with van der Waals surface area (Å²) in [6.07, 6.45) is 8.27. The van der Waals surface area contributed by atoms with Gasteiger partial charge in [-0.1, -0.05) is 36.4 Å². The third-order valence-electron chi connectivity index (χ3n) is 3.11. The third-order valence-corrected chi connectivity index (χ3v) is 3.11. The molecule has 1 N–H and O–H groups in total. The lowest BCUT2D eigenvalue weighted by Crippen LogP contribution is -2.29. The predicted molar refractivity (Wildman–Crippen MR) is 64.8 cm³/mol. The van der Waals surface area contributed by atoms with Gasteiger partial charge in [0.15, 0.2) is 0 Å². The lowest BCUT2D eigenvalue weighted by atomic mass is 10.0. The Balaban J connectivity index is 1.87. The molecule has 1 aliphatic rings. The molecule has 1 aliphatic carbocycles. The van der Waals surface area contributed by atoms with Crippen LogP contribution in [0.25, 0.3) is 0 Å². The zero-order valence-corrected chi connectivity index (χ0v) is 9.37. The normalized spacial score (nSPS) is 20.5. The van der Waals surface area contributed by atoms with Crippen LogP contribution in [0.5, 0.6) is 0 Å². The highest BCUT2D eigenvalue weighted by Crippen LogP contribution is 2.12. The number of hydrogen-bond acceptors (Lipinski definition) is 1. The summed E-state index contributed by atoms with van der Waals surface area (Å²) in [7, 11) is 0. The van der Waals surface area contributed by atoms with E-state index in [1.807, 2.05) is 0 Å². The maximum absolute atomic E-state index is 3.63. The number of aryl methyl sites for hydroxylation is 1. The lowest BCUT2D eigenvalue weighted by Gasteiger charge is -2.19. The summed E-state index contributed by atoms with van der Waals surface area (Å²) in [5, 5.41) is 3.63. The van der Waals surface area contributed by atoms with Gasteiger partial charge in [-0.25, -0.2) is 0 Å².